The van der Waals surface area contributed by atoms with Crippen molar-refractivity contribution >= 4 is 12.4 Å². The van der Waals surface area contributed by atoms with Crippen LogP contribution in [0.3, 0.4) is 0 Å². The van der Waals surface area contributed by atoms with Crippen molar-refractivity contribution < 1.29 is 0 Å². The molecule has 0 aliphatic carbocycles. The fraction of sp³-hybridized carbons (Fsp3) is 1.00. The van der Waals surface area contributed by atoms with Gasteiger partial charge in [-0.25, -0.2) is 0 Å². The number of rotatable bonds is 8. The van der Waals surface area contributed by atoms with E-state index in [9.17, 15) is 0 Å². The molecule has 0 aromatic carbocycles. The van der Waals surface area contributed by atoms with E-state index in [0.717, 1.165) is 6.54 Å². The third-order valence-corrected chi connectivity index (χ3v) is 1.96. The molecule has 0 aliphatic heterocycles. The van der Waals surface area contributed by atoms with Crippen molar-refractivity contribution in [3.63, 3.8) is 0 Å². The first kappa shape index (κ1) is 14.8. The van der Waals surface area contributed by atoms with Crippen LogP contribution < -0.4 is 5.32 Å². The SMILES string of the molecule is CCCCCCCCNCC.Cl. The van der Waals surface area contributed by atoms with Gasteiger partial charge < -0.3 is 5.32 Å². The van der Waals surface area contributed by atoms with Crippen LogP contribution in [-0.4, -0.2) is 13.1 Å². The Kier molecular flexibility index (Phi) is 17.0. The molecular formula is C10H24ClN. The van der Waals surface area contributed by atoms with Crippen molar-refractivity contribution in [2.24, 2.45) is 0 Å². The molecule has 0 atom stereocenters. The number of unbranched alkanes of at least 4 members (excludes halogenated alkanes) is 5. The van der Waals surface area contributed by atoms with Gasteiger partial charge in [-0.15, -0.1) is 12.4 Å². The molecule has 1 N–H and O–H groups in total. The summed E-state index contributed by atoms with van der Waals surface area (Å²) in [4.78, 5) is 0. The van der Waals surface area contributed by atoms with Crippen LogP contribution in [0.1, 0.15) is 52.4 Å². The summed E-state index contributed by atoms with van der Waals surface area (Å²) < 4.78 is 0. The zero-order valence-corrected chi connectivity index (χ0v) is 9.38. The maximum absolute atomic E-state index is 3.34. The van der Waals surface area contributed by atoms with Crippen LogP contribution in [0, 0.1) is 0 Å². The van der Waals surface area contributed by atoms with Crippen molar-refractivity contribution in [2.45, 2.75) is 52.4 Å². The fourth-order valence-corrected chi connectivity index (χ4v) is 1.21. The van der Waals surface area contributed by atoms with Crippen molar-refractivity contribution in [2.75, 3.05) is 13.1 Å². The second-order valence-electron chi connectivity index (χ2n) is 3.12. The third-order valence-electron chi connectivity index (χ3n) is 1.96. The van der Waals surface area contributed by atoms with Gasteiger partial charge in [-0.2, -0.15) is 0 Å². The first-order chi connectivity index (χ1) is 5.41. The standard InChI is InChI=1S/C10H23N.ClH/c1-3-5-6-7-8-9-10-11-4-2;/h11H,3-10H2,1-2H3;1H. The normalized spacial score (nSPS) is 9.50. The van der Waals surface area contributed by atoms with Gasteiger partial charge in [0, 0.05) is 0 Å². The minimum atomic E-state index is 0. The fourth-order valence-electron chi connectivity index (χ4n) is 1.21. The topological polar surface area (TPSA) is 12.0 Å². The van der Waals surface area contributed by atoms with E-state index in [0.29, 0.717) is 0 Å². The molecule has 0 saturated heterocycles. The van der Waals surface area contributed by atoms with E-state index in [1.54, 1.807) is 0 Å². The average Bonchev–Trinajstić information content (AvgIpc) is 2.03. The van der Waals surface area contributed by atoms with E-state index in [1.165, 1.54) is 45.1 Å². The summed E-state index contributed by atoms with van der Waals surface area (Å²) in [6.07, 6.45) is 8.40. The highest BCUT2D eigenvalue weighted by Gasteiger charge is 1.88. The smallest absolute Gasteiger partial charge is 0.00490 e. The molecule has 0 rings (SSSR count). The molecule has 2 heteroatoms. The minimum absolute atomic E-state index is 0. The molecule has 1 nitrogen and oxygen atoms in total. The second kappa shape index (κ2) is 13.8. The molecular weight excluding hydrogens is 170 g/mol. The number of halogens is 1. The van der Waals surface area contributed by atoms with Crippen LogP contribution in [0.4, 0.5) is 0 Å². The second-order valence-corrected chi connectivity index (χ2v) is 3.12. The molecule has 0 aliphatic rings. The monoisotopic (exact) mass is 193 g/mol. The lowest BCUT2D eigenvalue weighted by Crippen LogP contribution is -2.13. The van der Waals surface area contributed by atoms with Crippen molar-refractivity contribution in [3.8, 4) is 0 Å². The summed E-state index contributed by atoms with van der Waals surface area (Å²) in [5.74, 6) is 0. The molecule has 0 aromatic heterocycles. The summed E-state index contributed by atoms with van der Waals surface area (Å²) in [6, 6.07) is 0. The Morgan fingerprint density at radius 1 is 0.833 bits per heavy atom. The molecule has 0 fully saturated rings. The summed E-state index contributed by atoms with van der Waals surface area (Å²) >= 11 is 0. The third kappa shape index (κ3) is 12.9. The van der Waals surface area contributed by atoms with Gasteiger partial charge in [0.1, 0.15) is 0 Å². The van der Waals surface area contributed by atoms with Crippen molar-refractivity contribution in [1.82, 2.24) is 5.32 Å². The first-order valence-corrected chi connectivity index (χ1v) is 5.12. The Morgan fingerprint density at radius 3 is 2.00 bits per heavy atom. The Balaban J connectivity index is 0. The predicted octanol–water partition coefficient (Wildman–Crippen LogP) is 3.38. The van der Waals surface area contributed by atoms with Gasteiger partial charge in [0.15, 0.2) is 0 Å². The largest absolute Gasteiger partial charge is 0.317 e. The highest BCUT2D eigenvalue weighted by molar-refractivity contribution is 5.85. The maximum atomic E-state index is 3.34. The van der Waals surface area contributed by atoms with Gasteiger partial charge in [-0.1, -0.05) is 46.0 Å². The average molecular weight is 194 g/mol. The zero-order valence-electron chi connectivity index (χ0n) is 8.57. The van der Waals surface area contributed by atoms with Crippen LogP contribution in [-0.2, 0) is 0 Å². The molecule has 76 valence electrons. The van der Waals surface area contributed by atoms with Gasteiger partial charge in [0.25, 0.3) is 0 Å². The summed E-state index contributed by atoms with van der Waals surface area (Å²) in [7, 11) is 0. The van der Waals surface area contributed by atoms with Crippen LogP contribution in [0.2, 0.25) is 0 Å². The van der Waals surface area contributed by atoms with E-state index in [-0.39, 0.29) is 12.4 Å². The van der Waals surface area contributed by atoms with Crippen LogP contribution in [0.15, 0.2) is 0 Å². The van der Waals surface area contributed by atoms with E-state index in [1.807, 2.05) is 0 Å². The summed E-state index contributed by atoms with van der Waals surface area (Å²) in [5.41, 5.74) is 0. The maximum Gasteiger partial charge on any atom is -0.00490 e. The van der Waals surface area contributed by atoms with E-state index in [4.69, 9.17) is 0 Å². The van der Waals surface area contributed by atoms with Gasteiger partial charge in [0.05, 0.1) is 0 Å². The van der Waals surface area contributed by atoms with Crippen LogP contribution in [0.25, 0.3) is 0 Å². The lowest BCUT2D eigenvalue weighted by molar-refractivity contribution is 0.580. The van der Waals surface area contributed by atoms with Gasteiger partial charge in [0.2, 0.25) is 0 Å². The van der Waals surface area contributed by atoms with Crippen LogP contribution in [0.5, 0.6) is 0 Å². The Hall–Kier alpha value is 0.250. The number of nitrogens with one attached hydrogen (secondary N) is 1. The zero-order chi connectivity index (χ0) is 8.36. The molecule has 0 radical (unpaired) electrons. The quantitative estimate of drug-likeness (QED) is 0.583. The van der Waals surface area contributed by atoms with E-state index in [2.05, 4.69) is 19.2 Å². The molecule has 0 saturated carbocycles. The van der Waals surface area contributed by atoms with Gasteiger partial charge in [-0.05, 0) is 19.5 Å². The Bertz CT molecular complexity index is 58.9. The minimum Gasteiger partial charge on any atom is -0.317 e. The molecule has 0 aromatic rings. The highest BCUT2D eigenvalue weighted by atomic mass is 35.5. The lowest BCUT2D eigenvalue weighted by atomic mass is 10.1. The predicted molar refractivity (Wildman–Crippen MR) is 59.2 cm³/mol. The van der Waals surface area contributed by atoms with Crippen LogP contribution >= 0.6 is 12.4 Å². The van der Waals surface area contributed by atoms with Crippen molar-refractivity contribution in [1.29, 1.82) is 0 Å². The summed E-state index contributed by atoms with van der Waals surface area (Å²) in [6.45, 7) is 6.76. The molecule has 0 heterocycles. The summed E-state index contributed by atoms with van der Waals surface area (Å²) in [5, 5.41) is 3.34. The molecule has 0 bridgehead atoms. The highest BCUT2D eigenvalue weighted by Crippen LogP contribution is 2.03. The molecule has 0 unspecified atom stereocenters. The number of hydrogen-bond donors (Lipinski definition) is 1. The lowest BCUT2D eigenvalue weighted by Gasteiger charge is -2.00. The Labute approximate surface area is 83.7 Å². The van der Waals surface area contributed by atoms with Crippen molar-refractivity contribution in [3.05, 3.63) is 0 Å². The van der Waals surface area contributed by atoms with E-state index < -0.39 is 0 Å². The van der Waals surface area contributed by atoms with E-state index >= 15 is 0 Å². The van der Waals surface area contributed by atoms with Gasteiger partial charge in [-0.3, -0.25) is 0 Å². The number of hydrogen-bond acceptors (Lipinski definition) is 1. The molecule has 0 amide bonds. The van der Waals surface area contributed by atoms with Gasteiger partial charge >= 0.3 is 0 Å². The molecule has 12 heavy (non-hydrogen) atoms. The molecule has 0 spiro atoms. The Morgan fingerprint density at radius 2 is 1.42 bits per heavy atom. The first-order valence-electron chi connectivity index (χ1n) is 5.12.